The van der Waals surface area contributed by atoms with Crippen molar-refractivity contribution in [2.45, 2.75) is 71.5 Å². The zero-order valence-electron chi connectivity index (χ0n) is 19.9. The molecule has 0 bridgehead atoms. The SMILES string of the molecule is Cc1ccc2nc3c(c(C(=O)N4CCC(CN5CC(C)OC(C)C5)CC4)c2c1)CCCC3. The van der Waals surface area contributed by atoms with Gasteiger partial charge in [0.2, 0.25) is 0 Å². The lowest BCUT2D eigenvalue weighted by Gasteiger charge is -2.39. The molecule has 2 atom stereocenters. The van der Waals surface area contributed by atoms with E-state index in [0.717, 1.165) is 87.0 Å². The zero-order valence-corrected chi connectivity index (χ0v) is 19.9. The van der Waals surface area contributed by atoms with Gasteiger partial charge < -0.3 is 9.64 Å². The van der Waals surface area contributed by atoms with Crippen LogP contribution in [0.3, 0.4) is 0 Å². The molecule has 5 nitrogen and oxygen atoms in total. The lowest BCUT2D eigenvalue weighted by molar-refractivity contribution is -0.0728. The summed E-state index contributed by atoms with van der Waals surface area (Å²) in [6.07, 6.45) is 7.13. The Balaban J connectivity index is 1.33. The molecule has 0 saturated carbocycles. The largest absolute Gasteiger partial charge is 0.373 e. The van der Waals surface area contributed by atoms with Crippen molar-refractivity contribution < 1.29 is 9.53 Å². The van der Waals surface area contributed by atoms with Crippen molar-refractivity contribution >= 4 is 16.8 Å². The first-order valence-corrected chi connectivity index (χ1v) is 12.6. The highest BCUT2D eigenvalue weighted by Crippen LogP contribution is 2.32. The quantitative estimate of drug-likeness (QED) is 0.718. The summed E-state index contributed by atoms with van der Waals surface area (Å²) in [6, 6.07) is 6.36. The van der Waals surface area contributed by atoms with E-state index >= 15 is 0 Å². The fraction of sp³-hybridized carbons (Fsp3) is 0.630. The minimum Gasteiger partial charge on any atom is -0.373 e. The van der Waals surface area contributed by atoms with E-state index in [2.05, 4.69) is 48.8 Å². The second-order valence-electron chi connectivity index (χ2n) is 10.4. The maximum atomic E-state index is 13.9. The summed E-state index contributed by atoms with van der Waals surface area (Å²) in [5.74, 6) is 0.898. The van der Waals surface area contributed by atoms with Gasteiger partial charge in [-0.3, -0.25) is 14.7 Å². The second kappa shape index (κ2) is 9.11. The minimum absolute atomic E-state index is 0.230. The first-order chi connectivity index (χ1) is 15.5. The summed E-state index contributed by atoms with van der Waals surface area (Å²) < 4.78 is 5.89. The van der Waals surface area contributed by atoms with Crippen LogP contribution in [0.1, 0.15) is 66.7 Å². The highest BCUT2D eigenvalue weighted by atomic mass is 16.5. The monoisotopic (exact) mass is 435 g/mol. The number of carbonyl (C=O) groups excluding carboxylic acids is 1. The summed E-state index contributed by atoms with van der Waals surface area (Å²) in [5, 5.41) is 1.05. The molecule has 2 unspecified atom stereocenters. The van der Waals surface area contributed by atoms with Gasteiger partial charge in [0.1, 0.15) is 0 Å². The van der Waals surface area contributed by atoms with Gasteiger partial charge in [-0.25, -0.2) is 0 Å². The lowest BCUT2D eigenvalue weighted by atomic mass is 9.88. The number of aryl methyl sites for hydroxylation is 2. The number of morpholine rings is 1. The van der Waals surface area contributed by atoms with E-state index < -0.39 is 0 Å². The Morgan fingerprint density at radius 2 is 1.81 bits per heavy atom. The molecule has 3 heterocycles. The molecule has 1 aromatic carbocycles. The number of amides is 1. The number of hydrogen-bond donors (Lipinski definition) is 0. The Morgan fingerprint density at radius 3 is 2.56 bits per heavy atom. The van der Waals surface area contributed by atoms with Gasteiger partial charge in [-0.2, -0.15) is 0 Å². The Bertz CT molecular complexity index is 986. The van der Waals surface area contributed by atoms with Crippen LogP contribution in [0.2, 0.25) is 0 Å². The van der Waals surface area contributed by atoms with Crippen LogP contribution in [-0.2, 0) is 17.6 Å². The molecule has 0 spiro atoms. The third-order valence-electron chi connectivity index (χ3n) is 7.54. The number of rotatable bonds is 3. The van der Waals surface area contributed by atoms with Crippen molar-refractivity contribution in [1.29, 1.82) is 0 Å². The third kappa shape index (κ3) is 4.42. The van der Waals surface area contributed by atoms with E-state index in [1.165, 1.54) is 17.5 Å². The maximum absolute atomic E-state index is 13.9. The number of fused-ring (bicyclic) bond motifs is 2. The van der Waals surface area contributed by atoms with Crippen LogP contribution < -0.4 is 0 Å². The summed E-state index contributed by atoms with van der Waals surface area (Å²) in [7, 11) is 0. The maximum Gasteiger partial charge on any atom is 0.254 e. The van der Waals surface area contributed by atoms with Gasteiger partial charge in [0.15, 0.2) is 0 Å². The fourth-order valence-corrected chi connectivity index (χ4v) is 6.06. The van der Waals surface area contributed by atoms with E-state index in [0.29, 0.717) is 18.1 Å². The van der Waals surface area contributed by atoms with E-state index in [1.807, 2.05) is 0 Å². The molecule has 5 rings (SSSR count). The fourth-order valence-electron chi connectivity index (χ4n) is 6.06. The molecular formula is C27H37N3O2. The molecule has 1 amide bonds. The van der Waals surface area contributed by atoms with Gasteiger partial charge >= 0.3 is 0 Å². The molecular weight excluding hydrogens is 398 g/mol. The molecule has 32 heavy (non-hydrogen) atoms. The molecule has 2 aromatic rings. The van der Waals surface area contributed by atoms with Crippen LogP contribution >= 0.6 is 0 Å². The van der Waals surface area contributed by atoms with Gasteiger partial charge in [-0.1, -0.05) is 11.6 Å². The van der Waals surface area contributed by atoms with Crippen molar-refractivity contribution in [2.24, 2.45) is 5.92 Å². The highest BCUT2D eigenvalue weighted by molar-refractivity contribution is 6.08. The number of aromatic nitrogens is 1. The van der Waals surface area contributed by atoms with Crippen LogP contribution in [-0.4, -0.2) is 65.6 Å². The van der Waals surface area contributed by atoms with Gasteiger partial charge in [0.25, 0.3) is 5.91 Å². The minimum atomic E-state index is 0.230. The van der Waals surface area contributed by atoms with Crippen molar-refractivity contribution in [3.63, 3.8) is 0 Å². The predicted octanol–water partition coefficient (Wildman–Crippen LogP) is 4.38. The van der Waals surface area contributed by atoms with Crippen molar-refractivity contribution in [3.8, 4) is 0 Å². The van der Waals surface area contributed by atoms with Gasteiger partial charge in [-0.15, -0.1) is 0 Å². The molecule has 2 fully saturated rings. The number of pyridine rings is 1. The van der Waals surface area contributed by atoms with E-state index in [9.17, 15) is 4.79 Å². The Morgan fingerprint density at radius 1 is 1.09 bits per heavy atom. The standard InChI is InChI=1S/C27H37N3O2/c1-18-8-9-25-23(14-18)26(22-6-4-5-7-24(22)28-25)27(31)30-12-10-21(11-13-30)17-29-15-19(2)32-20(3)16-29/h8-9,14,19-21H,4-7,10-13,15-17H2,1-3H3. The number of nitrogens with zero attached hydrogens (tertiary/aromatic N) is 3. The molecule has 5 heteroatoms. The van der Waals surface area contributed by atoms with E-state index in [4.69, 9.17) is 9.72 Å². The normalized spacial score (nSPS) is 25.2. The number of benzene rings is 1. The van der Waals surface area contributed by atoms with Gasteiger partial charge in [-0.05, 0) is 82.9 Å². The summed E-state index contributed by atoms with van der Waals surface area (Å²) in [4.78, 5) is 23.5. The zero-order chi connectivity index (χ0) is 22.2. The number of likely N-dealkylation sites (tertiary alicyclic amines) is 1. The average molecular weight is 436 g/mol. The first kappa shape index (κ1) is 21.8. The molecule has 0 N–H and O–H groups in total. The number of carbonyl (C=O) groups is 1. The Hall–Kier alpha value is -1.98. The van der Waals surface area contributed by atoms with Crippen LogP contribution in [0.5, 0.6) is 0 Å². The van der Waals surface area contributed by atoms with Crippen LogP contribution in [0.15, 0.2) is 18.2 Å². The molecule has 0 radical (unpaired) electrons. The van der Waals surface area contributed by atoms with Crippen LogP contribution in [0, 0.1) is 12.8 Å². The Labute approximate surface area is 192 Å². The molecule has 2 aliphatic heterocycles. The first-order valence-electron chi connectivity index (χ1n) is 12.6. The summed E-state index contributed by atoms with van der Waals surface area (Å²) in [6.45, 7) is 11.4. The van der Waals surface area contributed by atoms with Gasteiger partial charge in [0, 0.05) is 43.8 Å². The number of piperidine rings is 1. The Kier molecular flexibility index (Phi) is 6.22. The number of ether oxygens (including phenoxy) is 1. The summed E-state index contributed by atoms with van der Waals surface area (Å²) in [5.41, 5.74) is 5.49. The topological polar surface area (TPSA) is 45.7 Å². The average Bonchev–Trinajstić information content (AvgIpc) is 2.77. The molecule has 3 aliphatic rings. The van der Waals surface area contributed by atoms with E-state index in [-0.39, 0.29) is 5.91 Å². The molecule has 172 valence electrons. The van der Waals surface area contributed by atoms with E-state index in [1.54, 1.807) is 0 Å². The van der Waals surface area contributed by atoms with Gasteiger partial charge in [0.05, 0.1) is 23.3 Å². The summed E-state index contributed by atoms with van der Waals surface area (Å²) >= 11 is 0. The number of hydrogen-bond acceptors (Lipinski definition) is 4. The highest BCUT2D eigenvalue weighted by Gasteiger charge is 2.31. The van der Waals surface area contributed by atoms with Crippen molar-refractivity contribution in [2.75, 3.05) is 32.7 Å². The molecule has 2 saturated heterocycles. The van der Waals surface area contributed by atoms with Crippen LogP contribution in [0.25, 0.3) is 10.9 Å². The molecule has 1 aliphatic carbocycles. The smallest absolute Gasteiger partial charge is 0.254 e. The third-order valence-corrected chi connectivity index (χ3v) is 7.54. The van der Waals surface area contributed by atoms with Crippen molar-refractivity contribution in [1.82, 2.24) is 14.8 Å². The molecule has 1 aromatic heterocycles. The van der Waals surface area contributed by atoms with Crippen molar-refractivity contribution in [3.05, 3.63) is 40.6 Å². The predicted molar refractivity (Wildman–Crippen MR) is 128 cm³/mol. The van der Waals surface area contributed by atoms with Crippen LogP contribution in [0.4, 0.5) is 0 Å². The second-order valence-corrected chi connectivity index (χ2v) is 10.4. The lowest BCUT2D eigenvalue weighted by Crippen LogP contribution is -2.48.